The summed E-state index contributed by atoms with van der Waals surface area (Å²) in [6, 6.07) is 1.75. The monoisotopic (exact) mass is 204 g/mol. The van der Waals surface area contributed by atoms with Gasteiger partial charge in [0.2, 0.25) is 5.76 Å². The van der Waals surface area contributed by atoms with Crippen LogP contribution in [0.1, 0.15) is 18.9 Å². The second-order valence-electron chi connectivity index (χ2n) is 3.20. The summed E-state index contributed by atoms with van der Waals surface area (Å²) < 4.78 is 5.13. The van der Waals surface area contributed by atoms with Crippen LogP contribution in [-0.2, 0) is 6.42 Å². The van der Waals surface area contributed by atoms with E-state index in [-0.39, 0.29) is 0 Å². The zero-order chi connectivity index (χ0) is 10.7. The highest BCUT2D eigenvalue weighted by molar-refractivity contribution is 5.59. The largest absolute Gasteiger partial charge is 0.381 e. The number of rotatable bonds is 3. The number of hydrogen-bond donors (Lipinski definition) is 1. The highest BCUT2D eigenvalue weighted by atomic mass is 16.5. The summed E-state index contributed by atoms with van der Waals surface area (Å²) in [5.41, 5.74) is 6.60. The van der Waals surface area contributed by atoms with Crippen LogP contribution in [0.3, 0.4) is 0 Å². The van der Waals surface area contributed by atoms with Crippen molar-refractivity contribution in [3.63, 3.8) is 0 Å². The third-order valence-electron chi connectivity index (χ3n) is 2.09. The average molecular weight is 204 g/mol. The summed E-state index contributed by atoms with van der Waals surface area (Å²) in [6.07, 6.45) is 5.13. The molecule has 0 saturated carbocycles. The van der Waals surface area contributed by atoms with Gasteiger partial charge in [-0.2, -0.15) is 0 Å². The molecule has 0 bridgehead atoms. The Labute approximate surface area is 87.3 Å². The van der Waals surface area contributed by atoms with Crippen LogP contribution in [0.15, 0.2) is 23.0 Å². The molecule has 5 heteroatoms. The molecule has 2 rings (SSSR count). The molecule has 5 nitrogen and oxygen atoms in total. The number of anilines is 1. The van der Waals surface area contributed by atoms with Gasteiger partial charge < -0.3 is 10.3 Å². The van der Waals surface area contributed by atoms with Crippen LogP contribution < -0.4 is 5.73 Å². The molecule has 2 aromatic rings. The Morgan fingerprint density at radius 1 is 1.33 bits per heavy atom. The zero-order valence-corrected chi connectivity index (χ0v) is 8.47. The first-order chi connectivity index (χ1) is 7.33. The van der Waals surface area contributed by atoms with Crippen molar-refractivity contribution in [3.05, 3.63) is 24.0 Å². The van der Waals surface area contributed by atoms with Crippen molar-refractivity contribution in [2.24, 2.45) is 0 Å². The number of nitrogens with two attached hydrogens (primary N) is 1. The van der Waals surface area contributed by atoms with Crippen LogP contribution in [0.5, 0.6) is 0 Å². The van der Waals surface area contributed by atoms with E-state index in [9.17, 15) is 0 Å². The van der Waals surface area contributed by atoms with Crippen molar-refractivity contribution in [2.75, 3.05) is 5.73 Å². The maximum absolute atomic E-state index is 5.70. The normalized spacial score (nSPS) is 10.5. The van der Waals surface area contributed by atoms with Crippen LogP contribution in [-0.4, -0.2) is 15.1 Å². The van der Waals surface area contributed by atoms with Crippen LogP contribution >= 0.6 is 0 Å². The highest BCUT2D eigenvalue weighted by Crippen LogP contribution is 2.25. The summed E-state index contributed by atoms with van der Waals surface area (Å²) in [6.45, 7) is 2.07. The van der Waals surface area contributed by atoms with Gasteiger partial charge in [0, 0.05) is 18.0 Å². The molecule has 2 aromatic heterocycles. The van der Waals surface area contributed by atoms with Crippen molar-refractivity contribution in [3.8, 4) is 11.6 Å². The molecule has 0 atom stereocenters. The van der Waals surface area contributed by atoms with Gasteiger partial charge in [-0.25, -0.2) is 9.97 Å². The number of nitrogen functional groups attached to an aromatic ring is 1. The van der Waals surface area contributed by atoms with Crippen LogP contribution in [0.25, 0.3) is 11.6 Å². The molecule has 0 amide bonds. The van der Waals surface area contributed by atoms with Gasteiger partial charge in [0.25, 0.3) is 0 Å². The number of aromatic nitrogens is 3. The molecule has 0 aliphatic carbocycles. The maximum Gasteiger partial charge on any atom is 0.209 e. The Hall–Kier alpha value is -1.91. The Morgan fingerprint density at radius 2 is 2.07 bits per heavy atom. The third-order valence-corrected chi connectivity index (χ3v) is 2.09. The Kier molecular flexibility index (Phi) is 2.62. The van der Waals surface area contributed by atoms with E-state index in [1.54, 1.807) is 18.5 Å². The van der Waals surface area contributed by atoms with E-state index < -0.39 is 0 Å². The number of nitrogens with zero attached hydrogens (tertiary/aromatic N) is 3. The van der Waals surface area contributed by atoms with Gasteiger partial charge in [-0.1, -0.05) is 18.5 Å². The molecule has 0 radical (unpaired) electrons. The molecule has 0 aromatic carbocycles. The van der Waals surface area contributed by atoms with Gasteiger partial charge in [-0.05, 0) is 12.5 Å². The summed E-state index contributed by atoms with van der Waals surface area (Å²) >= 11 is 0. The Balaban J connectivity index is 2.44. The first kappa shape index (κ1) is 9.64. The average Bonchev–Trinajstić information content (AvgIpc) is 2.63. The van der Waals surface area contributed by atoms with Gasteiger partial charge in [0.05, 0.1) is 0 Å². The minimum atomic E-state index is 0.430. The third kappa shape index (κ3) is 1.81. The minimum Gasteiger partial charge on any atom is -0.381 e. The second-order valence-corrected chi connectivity index (χ2v) is 3.20. The van der Waals surface area contributed by atoms with Gasteiger partial charge in [0.15, 0.2) is 11.6 Å². The van der Waals surface area contributed by atoms with E-state index in [1.165, 1.54) is 0 Å². The van der Waals surface area contributed by atoms with Gasteiger partial charge in [0.1, 0.15) is 0 Å². The van der Waals surface area contributed by atoms with E-state index in [0.717, 1.165) is 18.4 Å². The fourth-order valence-corrected chi connectivity index (χ4v) is 1.41. The van der Waals surface area contributed by atoms with E-state index in [4.69, 9.17) is 10.3 Å². The molecule has 78 valence electrons. The summed E-state index contributed by atoms with van der Waals surface area (Å²) in [7, 11) is 0. The molecule has 0 saturated heterocycles. The van der Waals surface area contributed by atoms with Crippen molar-refractivity contribution < 1.29 is 4.52 Å². The molecule has 2 N–H and O–H groups in total. The quantitative estimate of drug-likeness (QED) is 0.822. The van der Waals surface area contributed by atoms with E-state index in [1.807, 2.05) is 0 Å². The van der Waals surface area contributed by atoms with E-state index in [2.05, 4.69) is 22.0 Å². The number of hydrogen-bond acceptors (Lipinski definition) is 5. The van der Waals surface area contributed by atoms with Crippen molar-refractivity contribution in [2.45, 2.75) is 19.8 Å². The molecule has 0 aliphatic heterocycles. The van der Waals surface area contributed by atoms with Crippen molar-refractivity contribution in [1.82, 2.24) is 15.1 Å². The van der Waals surface area contributed by atoms with Crippen LogP contribution in [0.2, 0.25) is 0 Å². The first-order valence-electron chi connectivity index (χ1n) is 4.84. The molecule has 2 heterocycles. The van der Waals surface area contributed by atoms with Crippen LogP contribution in [0, 0.1) is 0 Å². The molecule has 15 heavy (non-hydrogen) atoms. The summed E-state index contributed by atoms with van der Waals surface area (Å²) in [5.74, 6) is 1.54. The van der Waals surface area contributed by atoms with Crippen molar-refractivity contribution >= 4 is 5.82 Å². The summed E-state index contributed by atoms with van der Waals surface area (Å²) in [5, 5.41) is 3.73. The minimum absolute atomic E-state index is 0.430. The second kappa shape index (κ2) is 4.08. The lowest BCUT2D eigenvalue weighted by Gasteiger charge is -1.97. The lowest BCUT2D eigenvalue weighted by molar-refractivity contribution is 0.432. The van der Waals surface area contributed by atoms with Gasteiger partial charge >= 0.3 is 0 Å². The van der Waals surface area contributed by atoms with E-state index >= 15 is 0 Å². The molecule has 0 spiro atoms. The maximum atomic E-state index is 5.70. The Morgan fingerprint density at radius 3 is 2.73 bits per heavy atom. The van der Waals surface area contributed by atoms with Gasteiger partial charge in [-0.3, -0.25) is 0 Å². The predicted molar refractivity (Wildman–Crippen MR) is 55.9 cm³/mol. The topological polar surface area (TPSA) is 77.8 Å². The lowest BCUT2D eigenvalue weighted by atomic mass is 10.1. The fourth-order valence-electron chi connectivity index (χ4n) is 1.41. The zero-order valence-electron chi connectivity index (χ0n) is 8.47. The molecule has 0 unspecified atom stereocenters. The molecule has 0 aliphatic rings. The van der Waals surface area contributed by atoms with Crippen molar-refractivity contribution in [1.29, 1.82) is 0 Å². The highest BCUT2D eigenvalue weighted by Gasteiger charge is 2.16. The molecule has 0 fully saturated rings. The predicted octanol–water partition coefficient (Wildman–Crippen LogP) is 1.67. The van der Waals surface area contributed by atoms with Gasteiger partial charge in [-0.15, -0.1) is 0 Å². The smallest absolute Gasteiger partial charge is 0.209 e. The molecular weight excluding hydrogens is 192 g/mol. The molecular formula is C10H12N4O. The first-order valence-corrected chi connectivity index (χ1v) is 4.84. The van der Waals surface area contributed by atoms with E-state index in [0.29, 0.717) is 17.4 Å². The van der Waals surface area contributed by atoms with Crippen LogP contribution in [0.4, 0.5) is 5.82 Å². The Bertz CT molecular complexity index is 438. The summed E-state index contributed by atoms with van der Waals surface area (Å²) in [4.78, 5) is 8.21. The SMILES string of the molecule is CCCc1c(N)noc1-c1ncccn1. The fraction of sp³-hybridized carbons (Fsp3) is 0.300. The lowest BCUT2D eigenvalue weighted by Crippen LogP contribution is -1.94. The standard InChI is InChI=1S/C10H12N4O/c1-2-4-7-8(15-14-9(7)11)10-12-5-3-6-13-10/h3,5-6H,2,4H2,1H3,(H2,11,14).